The molecule has 0 aliphatic carbocycles. The van der Waals surface area contributed by atoms with Crippen molar-refractivity contribution in [1.29, 1.82) is 0 Å². The van der Waals surface area contributed by atoms with Crippen LogP contribution < -0.4 is 10.0 Å². The molecule has 1 amide bonds. The van der Waals surface area contributed by atoms with Crippen LogP contribution in [-0.4, -0.2) is 37.0 Å². The molecule has 7 nitrogen and oxygen atoms in total. The minimum Gasteiger partial charge on any atom is -0.352 e. The summed E-state index contributed by atoms with van der Waals surface area (Å²) < 4.78 is 41.5. The van der Waals surface area contributed by atoms with E-state index < -0.39 is 10.0 Å². The van der Waals surface area contributed by atoms with Crippen molar-refractivity contribution in [2.24, 2.45) is 7.05 Å². The summed E-state index contributed by atoms with van der Waals surface area (Å²) in [4.78, 5) is 16.6. The number of carbonyl (C=O) groups excluding carboxylic acids is 1. The highest BCUT2D eigenvalue weighted by molar-refractivity contribution is 7.89. The van der Waals surface area contributed by atoms with Crippen LogP contribution in [-0.2, 0) is 28.3 Å². The number of imidazole rings is 1. The number of aromatic nitrogens is 2. The van der Waals surface area contributed by atoms with E-state index >= 15 is 0 Å². The van der Waals surface area contributed by atoms with Gasteiger partial charge >= 0.3 is 0 Å². The lowest BCUT2D eigenvalue weighted by Crippen LogP contribution is -2.24. The largest absolute Gasteiger partial charge is 0.352 e. The van der Waals surface area contributed by atoms with Gasteiger partial charge in [-0.05, 0) is 35.9 Å². The Morgan fingerprint density at radius 3 is 2.63 bits per heavy atom. The summed E-state index contributed by atoms with van der Waals surface area (Å²) in [6, 6.07) is 10.7. The first kappa shape index (κ1) is 21.7. The molecule has 9 heteroatoms. The van der Waals surface area contributed by atoms with Gasteiger partial charge in [0.15, 0.2) is 0 Å². The van der Waals surface area contributed by atoms with Crippen LogP contribution in [0.25, 0.3) is 17.1 Å². The van der Waals surface area contributed by atoms with Gasteiger partial charge < -0.3 is 9.88 Å². The smallest absolute Gasteiger partial charge is 0.244 e. The number of rotatable bonds is 8. The fourth-order valence-electron chi connectivity index (χ4n) is 3.01. The summed E-state index contributed by atoms with van der Waals surface area (Å²) in [6.07, 6.45) is 3.50. The molecule has 3 aromatic rings. The molecular weight excluding hydrogens is 407 g/mol. The number of halogens is 1. The molecule has 158 valence electrons. The topological polar surface area (TPSA) is 93.1 Å². The number of aryl methyl sites for hydroxylation is 1. The molecule has 0 saturated carbocycles. The first-order valence-electron chi connectivity index (χ1n) is 9.46. The second-order valence-corrected chi connectivity index (χ2v) is 8.43. The minimum atomic E-state index is -3.49. The fourth-order valence-corrected chi connectivity index (χ4v) is 4.05. The van der Waals surface area contributed by atoms with Crippen LogP contribution in [0.15, 0.2) is 53.4 Å². The molecule has 30 heavy (non-hydrogen) atoms. The number of amides is 1. The standard InChI is InChI=1S/C21H23FN4O3S/c1-3-24-30(28,29)17-8-4-15(5-9-17)6-11-21(27)23-13-12-20-25-18-14-16(22)7-10-19(18)26(20)2/h4-11,14,24H,3,12-13H2,1-2H3,(H,23,27). The van der Waals surface area contributed by atoms with E-state index in [9.17, 15) is 17.6 Å². The van der Waals surface area contributed by atoms with E-state index in [1.54, 1.807) is 31.2 Å². The zero-order chi connectivity index (χ0) is 21.7. The second-order valence-electron chi connectivity index (χ2n) is 6.66. The molecule has 0 bridgehead atoms. The maximum atomic E-state index is 13.3. The summed E-state index contributed by atoms with van der Waals surface area (Å²) in [5, 5.41) is 2.78. The average molecular weight is 431 g/mol. The summed E-state index contributed by atoms with van der Waals surface area (Å²) in [7, 11) is -1.64. The van der Waals surface area contributed by atoms with E-state index in [1.807, 2.05) is 11.6 Å². The summed E-state index contributed by atoms with van der Waals surface area (Å²) in [5.74, 6) is 0.138. The van der Waals surface area contributed by atoms with Crippen molar-refractivity contribution < 1.29 is 17.6 Å². The predicted octanol–water partition coefficient (Wildman–Crippen LogP) is 2.38. The quantitative estimate of drug-likeness (QED) is 0.537. The molecule has 0 unspecified atom stereocenters. The summed E-state index contributed by atoms with van der Waals surface area (Å²) in [6.45, 7) is 2.40. The Morgan fingerprint density at radius 1 is 1.20 bits per heavy atom. The Hall–Kier alpha value is -3.04. The first-order valence-corrected chi connectivity index (χ1v) is 10.9. The maximum absolute atomic E-state index is 13.3. The molecule has 0 aliphatic heterocycles. The van der Waals surface area contributed by atoms with E-state index in [0.717, 1.165) is 11.3 Å². The van der Waals surface area contributed by atoms with Gasteiger partial charge in [0.1, 0.15) is 11.6 Å². The van der Waals surface area contributed by atoms with Gasteiger partial charge in [-0.15, -0.1) is 0 Å². The van der Waals surface area contributed by atoms with Gasteiger partial charge in [0.25, 0.3) is 0 Å². The average Bonchev–Trinajstić information content (AvgIpc) is 3.01. The molecular formula is C21H23FN4O3S. The van der Waals surface area contributed by atoms with Crippen molar-refractivity contribution in [3.8, 4) is 0 Å². The van der Waals surface area contributed by atoms with Crippen LogP contribution >= 0.6 is 0 Å². The van der Waals surface area contributed by atoms with Crippen LogP contribution in [0.4, 0.5) is 4.39 Å². The van der Waals surface area contributed by atoms with Crippen LogP contribution in [0.3, 0.4) is 0 Å². The third-order valence-electron chi connectivity index (χ3n) is 4.54. The van der Waals surface area contributed by atoms with Crippen molar-refractivity contribution in [3.05, 3.63) is 65.7 Å². The second kappa shape index (κ2) is 9.19. The Kier molecular flexibility index (Phi) is 6.63. The Labute approximate surface area is 174 Å². The molecule has 0 atom stereocenters. The molecule has 2 aromatic carbocycles. The number of carbonyl (C=O) groups is 1. The summed E-state index contributed by atoms with van der Waals surface area (Å²) >= 11 is 0. The van der Waals surface area contributed by atoms with Crippen molar-refractivity contribution >= 4 is 33.0 Å². The molecule has 0 radical (unpaired) electrons. The lowest BCUT2D eigenvalue weighted by molar-refractivity contribution is -0.116. The van der Waals surface area contributed by atoms with Crippen molar-refractivity contribution in [1.82, 2.24) is 19.6 Å². The molecule has 0 saturated heterocycles. The van der Waals surface area contributed by atoms with Gasteiger partial charge in [0.2, 0.25) is 15.9 Å². The molecule has 0 fully saturated rings. The molecule has 0 aliphatic rings. The zero-order valence-corrected chi connectivity index (χ0v) is 17.5. The van der Waals surface area contributed by atoms with Gasteiger partial charge in [0, 0.05) is 38.7 Å². The molecule has 1 aromatic heterocycles. The number of nitrogens with one attached hydrogen (secondary N) is 2. The molecule has 2 N–H and O–H groups in total. The van der Waals surface area contributed by atoms with Crippen LogP contribution in [0.2, 0.25) is 0 Å². The van der Waals surface area contributed by atoms with E-state index in [2.05, 4.69) is 15.0 Å². The van der Waals surface area contributed by atoms with Crippen LogP contribution in [0.1, 0.15) is 18.3 Å². The van der Waals surface area contributed by atoms with Gasteiger partial charge in [-0.25, -0.2) is 22.5 Å². The van der Waals surface area contributed by atoms with E-state index in [0.29, 0.717) is 30.6 Å². The lowest BCUT2D eigenvalue weighted by atomic mass is 10.2. The van der Waals surface area contributed by atoms with Crippen LogP contribution in [0.5, 0.6) is 0 Å². The first-order chi connectivity index (χ1) is 14.3. The van der Waals surface area contributed by atoms with Gasteiger partial charge in [-0.3, -0.25) is 4.79 Å². The van der Waals surface area contributed by atoms with Crippen LogP contribution in [0, 0.1) is 5.82 Å². The lowest BCUT2D eigenvalue weighted by Gasteiger charge is -2.05. The monoisotopic (exact) mass is 430 g/mol. The predicted molar refractivity (Wildman–Crippen MR) is 114 cm³/mol. The number of hydrogen-bond donors (Lipinski definition) is 2. The number of sulfonamides is 1. The third kappa shape index (κ3) is 5.11. The number of benzene rings is 2. The Morgan fingerprint density at radius 2 is 1.93 bits per heavy atom. The van der Waals surface area contributed by atoms with E-state index in [4.69, 9.17) is 0 Å². The fraction of sp³-hybridized carbons (Fsp3) is 0.238. The minimum absolute atomic E-state index is 0.174. The molecule has 1 heterocycles. The van der Waals surface area contributed by atoms with Gasteiger partial charge in [0.05, 0.1) is 15.9 Å². The van der Waals surface area contributed by atoms with Gasteiger partial charge in [-0.1, -0.05) is 19.1 Å². The van der Waals surface area contributed by atoms with Gasteiger partial charge in [-0.2, -0.15) is 0 Å². The highest BCUT2D eigenvalue weighted by Crippen LogP contribution is 2.16. The van der Waals surface area contributed by atoms with Crippen molar-refractivity contribution in [2.45, 2.75) is 18.2 Å². The SMILES string of the molecule is CCNS(=O)(=O)c1ccc(C=CC(=O)NCCc2nc3cc(F)ccc3n2C)cc1. The third-order valence-corrected chi connectivity index (χ3v) is 6.10. The van der Waals surface area contributed by atoms with Crippen molar-refractivity contribution in [3.63, 3.8) is 0 Å². The number of fused-ring (bicyclic) bond motifs is 1. The highest BCUT2D eigenvalue weighted by Gasteiger charge is 2.11. The van der Waals surface area contributed by atoms with E-state index in [1.165, 1.54) is 30.3 Å². The molecule has 0 spiro atoms. The molecule has 3 rings (SSSR count). The normalized spacial score (nSPS) is 12.0. The maximum Gasteiger partial charge on any atom is 0.244 e. The van der Waals surface area contributed by atoms with Crippen molar-refractivity contribution in [2.75, 3.05) is 13.1 Å². The zero-order valence-electron chi connectivity index (χ0n) is 16.7. The highest BCUT2D eigenvalue weighted by atomic mass is 32.2. The number of nitrogens with zero attached hydrogens (tertiary/aromatic N) is 2. The Balaban J connectivity index is 1.55. The Bertz CT molecular complexity index is 1180. The summed E-state index contributed by atoms with van der Waals surface area (Å²) in [5.41, 5.74) is 2.12. The van der Waals surface area contributed by atoms with E-state index in [-0.39, 0.29) is 16.6 Å². The number of hydrogen-bond acceptors (Lipinski definition) is 4.